The van der Waals surface area contributed by atoms with Crippen LogP contribution in [0.4, 0.5) is 10.1 Å². The molecule has 0 bridgehead atoms. The van der Waals surface area contributed by atoms with Gasteiger partial charge in [0.1, 0.15) is 16.7 Å². The SMILES string of the molecule is N#Cc1ccc(S(=O)(=O)Nc2cc(Cl)c(F)c(Cl)c2)cn1. The van der Waals surface area contributed by atoms with Crippen LogP contribution in [-0.4, -0.2) is 13.4 Å². The van der Waals surface area contributed by atoms with Gasteiger partial charge in [0.25, 0.3) is 10.0 Å². The monoisotopic (exact) mass is 345 g/mol. The first kappa shape index (κ1) is 15.5. The molecule has 2 aromatic rings. The molecule has 0 amide bonds. The molecule has 1 N–H and O–H groups in total. The lowest BCUT2D eigenvalue weighted by molar-refractivity contribution is 0.600. The third kappa shape index (κ3) is 3.42. The van der Waals surface area contributed by atoms with Gasteiger partial charge in [0.15, 0.2) is 5.82 Å². The quantitative estimate of drug-likeness (QED) is 0.865. The fourth-order valence-corrected chi connectivity index (χ4v) is 2.91. The van der Waals surface area contributed by atoms with Crippen molar-refractivity contribution in [2.75, 3.05) is 4.72 Å². The first-order valence-electron chi connectivity index (χ1n) is 5.37. The number of benzene rings is 1. The van der Waals surface area contributed by atoms with Crippen molar-refractivity contribution in [1.29, 1.82) is 5.26 Å². The highest BCUT2D eigenvalue weighted by Gasteiger charge is 2.17. The van der Waals surface area contributed by atoms with Crippen LogP contribution in [0.15, 0.2) is 35.4 Å². The van der Waals surface area contributed by atoms with E-state index in [0.29, 0.717) is 0 Å². The average molecular weight is 346 g/mol. The molecule has 0 atom stereocenters. The maximum Gasteiger partial charge on any atom is 0.263 e. The van der Waals surface area contributed by atoms with Crippen molar-refractivity contribution >= 4 is 38.9 Å². The highest BCUT2D eigenvalue weighted by molar-refractivity contribution is 7.92. The predicted octanol–water partition coefficient (Wildman–Crippen LogP) is 3.20. The molecule has 0 aliphatic rings. The Hall–Kier alpha value is -1.88. The number of nitriles is 1. The molecule has 0 unspecified atom stereocenters. The van der Waals surface area contributed by atoms with Gasteiger partial charge >= 0.3 is 0 Å². The van der Waals surface area contributed by atoms with Crippen LogP contribution in [0.25, 0.3) is 0 Å². The molecule has 21 heavy (non-hydrogen) atoms. The Labute approximate surface area is 130 Å². The Morgan fingerprint density at radius 2 is 1.86 bits per heavy atom. The van der Waals surface area contributed by atoms with Gasteiger partial charge in [-0.1, -0.05) is 23.2 Å². The van der Waals surface area contributed by atoms with Gasteiger partial charge in [-0.2, -0.15) is 5.26 Å². The summed E-state index contributed by atoms with van der Waals surface area (Å²) in [6.07, 6.45) is 1.04. The number of sulfonamides is 1. The molecular weight excluding hydrogens is 340 g/mol. The van der Waals surface area contributed by atoms with E-state index < -0.39 is 15.8 Å². The highest BCUT2D eigenvalue weighted by atomic mass is 35.5. The Kier molecular flexibility index (Phi) is 4.32. The number of rotatable bonds is 3. The molecule has 1 heterocycles. The van der Waals surface area contributed by atoms with E-state index >= 15 is 0 Å². The molecule has 0 aliphatic carbocycles. The minimum atomic E-state index is -3.95. The lowest BCUT2D eigenvalue weighted by atomic mass is 10.3. The minimum Gasteiger partial charge on any atom is -0.279 e. The van der Waals surface area contributed by atoms with E-state index in [0.717, 1.165) is 18.3 Å². The van der Waals surface area contributed by atoms with E-state index in [2.05, 4.69) is 9.71 Å². The van der Waals surface area contributed by atoms with Crippen LogP contribution in [0.3, 0.4) is 0 Å². The molecule has 2 rings (SSSR count). The molecule has 1 aromatic carbocycles. The number of hydrogen-bond donors (Lipinski definition) is 1. The van der Waals surface area contributed by atoms with Crippen molar-refractivity contribution in [3.63, 3.8) is 0 Å². The van der Waals surface area contributed by atoms with Crippen LogP contribution in [0.2, 0.25) is 10.0 Å². The zero-order valence-electron chi connectivity index (χ0n) is 10.1. The number of nitrogens with zero attached hydrogens (tertiary/aromatic N) is 2. The number of pyridine rings is 1. The molecule has 0 saturated carbocycles. The maximum atomic E-state index is 13.3. The normalized spacial score (nSPS) is 11.0. The zero-order valence-corrected chi connectivity index (χ0v) is 12.5. The number of aromatic nitrogens is 1. The van der Waals surface area contributed by atoms with Gasteiger partial charge in [0.2, 0.25) is 0 Å². The van der Waals surface area contributed by atoms with Crippen LogP contribution in [0, 0.1) is 17.1 Å². The summed E-state index contributed by atoms with van der Waals surface area (Å²) in [5, 5.41) is 8.00. The summed E-state index contributed by atoms with van der Waals surface area (Å²) in [4.78, 5) is 3.51. The standard InChI is InChI=1S/C12H6Cl2FN3O2S/c13-10-3-8(4-11(14)12(10)15)18-21(19,20)9-2-1-7(5-16)17-6-9/h1-4,6,18H. The van der Waals surface area contributed by atoms with E-state index in [1.807, 2.05) is 0 Å². The van der Waals surface area contributed by atoms with Crippen molar-refractivity contribution in [3.8, 4) is 6.07 Å². The Morgan fingerprint density at radius 1 is 1.24 bits per heavy atom. The summed E-state index contributed by atoms with van der Waals surface area (Å²) in [5.41, 5.74) is 0.0950. The highest BCUT2D eigenvalue weighted by Crippen LogP contribution is 2.28. The fraction of sp³-hybridized carbons (Fsp3) is 0. The van der Waals surface area contributed by atoms with Gasteiger partial charge in [0, 0.05) is 6.20 Å². The smallest absolute Gasteiger partial charge is 0.263 e. The van der Waals surface area contributed by atoms with E-state index in [9.17, 15) is 12.8 Å². The molecule has 0 radical (unpaired) electrons. The lowest BCUT2D eigenvalue weighted by Crippen LogP contribution is -2.13. The average Bonchev–Trinajstić information content (AvgIpc) is 2.44. The van der Waals surface area contributed by atoms with Crippen molar-refractivity contribution < 1.29 is 12.8 Å². The molecule has 0 saturated heterocycles. The summed E-state index contributed by atoms with van der Waals surface area (Å²) >= 11 is 11.2. The number of hydrogen-bond acceptors (Lipinski definition) is 4. The topological polar surface area (TPSA) is 82.8 Å². The van der Waals surface area contributed by atoms with Gasteiger partial charge in [-0.05, 0) is 24.3 Å². The number of halogens is 3. The fourth-order valence-electron chi connectivity index (χ4n) is 1.43. The maximum absolute atomic E-state index is 13.3. The van der Waals surface area contributed by atoms with Crippen LogP contribution >= 0.6 is 23.2 Å². The number of anilines is 1. The molecule has 9 heteroatoms. The Balaban J connectivity index is 2.35. The van der Waals surface area contributed by atoms with Crippen molar-refractivity contribution in [2.24, 2.45) is 0 Å². The largest absolute Gasteiger partial charge is 0.279 e. The van der Waals surface area contributed by atoms with E-state index in [1.54, 1.807) is 6.07 Å². The molecule has 1 aromatic heterocycles. The third-order valence-corrected chi connectivity index (χ3v) is 4.31. The summed E-state index contributed by atoms with van der Waals surface area (Å²) < 4.78 is 39.7. The summed E-state index contributed by atoms with van der Waals surface area (Å²) in [6.45, 7) is 0. The van der Waals surface area contributed by atoms with Gasteiger partial charge < -0.3 is 0 Å². The van der Waals surface area contributed by atoms with Crippen molar-refractivity contribution in [3.05, 3.63) is 52.0 Å². The molecule has 0 aliphatic heterocycles. The number of nitrogens with one attached hydrogen (secondary N) is 1. The zero-order chi connectivity index (χ0) is 15.6. The van der Waals surface area contributed by atoms with E-state index in [1.165, 1.54) is 12.1 Å². The van der Waals surface area contributed by atoms with E-state index in [4.69, 9.17) is 28.5 Å². The first-order chi connectivity index (χ1) is 9.83. The molecule has 5 nitrogen and oxygen atoms in total. The lowest BCUT2D eigenvalue weighted by Gasteiger charge is -2.09. The van der Waals surface area contributed by atoms with Crippen LogP contribution in [-0.2, 0) is 10.0 Å². The summed E-state index contributed by atoms with van der Waals surface area (Å²) in [7, 11) is -3.95. The second-order valence-electron chi connectivity index (χ2n) is 3.85. The summed E-state index contributed by atoms with van der Waals surface area (Å²) in [6, 6.07) is 6.45. The van der Waals surface area contributed by atoms with Crippen LogP contribution in [0.1, 0.15) is 5.69 Å². The van der Waals surface area contributed by atoms with Crippen molar-refractivity contribution in [2.45, 2.75) is 4.90 Å². The Morgan fingerprint density at radius 3 is 2.33 bits per heavy atom. The van der Waals surface area contributed by atoms with Gasteiger partial charge in [0.05, 0.1) is 15.7 Å². The first-order valence-corrected chi connectivity index (χ1v) is 7.61. The van der Waals surface area contributed by atoms with Crippen LogP contribution < -0.4 is 4.72 Å². The Bertz CT molecular complexity index is 810. The molecule has 0 spiro atoms. The molecule has 0 fully saturated rings. The van der Waals surface area contributed by atoms with Gasteiger partial charge in [-0.25, -0.2) is 17.8 Å². The third-order valence-electron chi connectivity index (χ3n) is 2.40. The van der Waals surface area contributed by atoms with Crippen LogP contribution in [0.5, 0.6) is 0 Å². The molecular formula is C12H6Cl2FN3O2S. The predicted molar refractivity (Wildman–Crippen MR) is 76.2 cm³/mol. The van der Waals surface area contributed by atoms with Gasteiger partial charge in [-0.15, -0.1) is 0 Å². The second kappa shape index (κ2) is 5.85. The molecule has 108 valence electrons. The second-order valence-corrected chi connectivity index (χ2v) is 6.35. The minimum absolute atomic E-state index is 0.00996. The summed E-state index contributed by atoms with van der Waals surface area (Å²) in [5.74, 6) is -0.832. The van der Waals surface area contributed by atoms with Crippen molar-refractivity contribution in [1.82, 2.24) is 4.98 Å². The van der Waals surface area contributed by atoms with E-state index in [-0.39, 0.29) is 26.3 Å². The van der Waals surface area contributed by atoms with Gasteiger partial charge in [-0.3, -0.25) is 4.72 Å².